The summed E-state index contributed by atoms with van der Waals surface area (Å²) in [5, 5.41) is 4.17. The van der Waals surface area contributed by atoms with Crippen LogP contribution in [-0.4, -0.2) is 43.7 Å². The Morgan fingerprint density at radius 1 is 1.05 bits per heavy atom. The molecule has 11 nitrogen and oxygen atoms in total. The average molecular weight is 578 g/mol. The molecule has 4 rings (SSSR count). The zero-order chi connectivity index (χ0) is 27.4. The number of ether oxygens (including phenoxy) is 2. The molecule has 3 heterocycles. The number of benzene rings is 1. The van der Waals surface area contributed by atoms with Crippen molar-refractivity contribution in [2.24, 2.45) is 0 Å². The first-order valence-electron chi connectivity index (χ1n) is 11.0. The standard InChI is InChI=1S/C24H21Cl2N5O6S/c1-4-23(32)31(22-6-5-15(13-27-22)38(33,34)30-21-7-8-37-29-21)19-11-18(26)16(10-20(19)35-2)17-9-14(25)12-28-24(17)36-3/h5-13H,4H2,1-3H3,(H,29,30). The van der Waals surface area contributed by atoms with Gasteiger partial charge in [-0.15, -0.1) is 0 Å². The topological polar surface area (TPSA) is 137 Å². The highest BCUT2D eigenvalue weighted by molar-refractivity contribution is 7.92. The smallest absolute Gasteiger partial charge is 0.264 e. The third-order valence-corrected chi connectivity index (χ3v) is 7.16. The number of amides is 1. The van der Waals surface area contributed by atoms with Crippen molar-refractivity contribution < 1.29 is 27.2 Å². The molecule has 1 N–H and O–H groups in total. The first kappa shape index (κ1) is 27.2. The van der Waals surface area contributed by atoms with Gasteiger partial charge in [0, 0.05) is 36.0 Å². The maximum absolute atomic E-state index is 13.1. The molecule has 0 fully saturated rings. The molecule has 198 valence electrons. The fraction of sp³-hybridized carbons (Fsp3) is 0.167. The number of anilines is 3. The van der Waals surface area contributed by atoms with Crippen molar-refractivity contribution in [3.63, 3.8) is 0 Å². The van der Waals surface area contributed by atoms with E-state index in [9.17, 15) is 13.2 Å². The summed E-state index contributed by atoms with van der Waals surface area (Å²) >= 11 is 12.8. The lowest BCUT2D eigenvalue weighted by Crippen LogP contribution is -2.26. The molecule has 0 radical (unpaired) electrons. The highest BCUT2D eigenvalue weighted by Crippen LogP contribution is 2.43. The molecule has 38 heavy (non-hydrogen) atoms. The second-order valence-electron chi connectivity index (χ2n) is 7.64. The monoisotopic (exact) mass is 577 g/mol. The Hall–Kier alpha value is -3.87. The molecule has 1 aromatic carbocycles. The maximum Gasteiger partial charge on any atom is 0.264 e. The van der Waals surface area contributed by atoms with E-state index in [1.165, 1.54) is 49.8 Å². The van der Waals surface area contributed by atoms with Gasteiger partial charge in [-0.1, -0.05) is 35.3 Å². The molecule has 0 bridgehead atoms. The van der Waals surface area contributed by atoms with E-state index in [-0.39, 0.29) is 33.9 Å². The van der Waals surface area contributed by atoms with Crippen LogP contribution in [0.15, 0.2) is 64.5 Å². The fourth-order valence-electron chi connectivity index (χ4n) is 3.54. The summed E-state index contributed by atoms with van der Waals surface area (Å²) in [7, 11) is -1.08. The number of hydrogen-bond donors (Lipinski definition) is 1. The normalized spacial score (nSPS) is 11.2. The molecule has 4 aromatic rings. The summed E-state index contributed by atoms with van der Waals surface area (Å²) in [6, 6.07) is 8.89. The SMILES string of the molecule is CCC(=O)N(c1ccc(S(=O)(=O)Nc2ccon2)cn1)c1cc(Cl)c(-c2cc(Cl)cnc2OC)cc1OC. The van der Waals surface area contributed by atoms with Gasteiger partial charge in [-0.3, -0.25) is 14.4 Å². The molecular weight excluding hydrogens is 557 g/mol. The number of pyridine rings is 2. The van der Waals surface area contributed by atoms with Crippen LogP contribution in [0, 0.1) is 0 Å². The molecule has 0 aliphatic rings. The predicted molar refractivity (Wildman–Crippen MR) is 142 cm³/mol. The second kappa shape index (κ2) is 11.3. The lowest BCUT2D eigenvalue weighted by Gasteiger charge is -2.25. The average Bonchev–Trinajstić information content (AvgIpc) is 3.41. The van der Waals surface area contributed by atoms with Gasteiger partial charge < -0.3 is 14.0 Å². The van der Waals surface area contributed by atoms with Crippen LogP contribution < -0.4 is 19.1 Å². The minimum Gasteiger partial charge on any atom is -0.495 e. The van der Waals surface area contributed by atoms with E-state index in [0.29, 0.717) is 33.5 Å². The summed E-state index contributed by atoms with van der Waals surface area (Å²) < 4.78 is 43.2. The number of carbonyl (C=O) groups excluding carboxylic acids is 1. The van der Waals surface area contributed by atoms with Crippen molar-refractivity contribution in [2.75, 3.05) is 23.8 Å². The number of aromatic nitrogens is 3. The van der Waals surface area contributed by atoms with E-state index >= 15 is 0 Å². The Morgan fingerprint density at radius 2 is 1.84 bits per heavy atom. The van der Waals surface area contributed by atoms with Crippen LogP contribution in [-0.2, 0) is 14.8 Å². The molecule has 0 atom stereocenters. The zero-order valence-electron chi connectivity index (χ0n) is 20.3. The van der Waals surface area contributed by atoms with Crippen LogP contribution in [0.1, 0.15) is 13.3 Å². The van der Waals surface area contributed by atoms with E-state index in [2.05, 4.69) is 24.4 Å². The summed E-state index contributed by atoms with van der Waals surface area (Å²) in [5.74, 6) is 0.423. The Labute approximate surface area is 228 Å². The largest absolute Gasteiger partial charge is 0.495 e. The van der Waals surface area contributed by atoms with Crippen molar-refractivity contribution in [3.05, 3.63) is 65.1 Å². The van der Waals surface area contributed by atoms with Gasteiger partial charge in [0.15, 0.2) is 5.82 Å². The molecule has 0 aliphatic carbocycles. The summed E-state index contributed by atoms with van der Waals surface area (Å²) in [4.78, 5) is 22.6. The number of methoxy groups -OCH3 is 2. The van der Waals surface area contributed by atoms with Gasteiger partial charge in [0.2, 0.25) is 11.8 Å². The number of sulfonamides is 1. The Bertz CT molecular complexity index is 1560. The van der Waals surface area contributed by atoms with Gasteiger partial charge >= 0.3 is 0 Å². The summed E-state index contributed by atoms with van der Waals surface area (Å²) in [5.41, 5.74) is 1.33. The number of rotatable bonds is 9. The fourth-order valence-corrected chi connectivity index (χ4v) is 4.89. The zero-order valence-corrected chi connectivity index (χ0v) is 22.6. The number of halogens is 2. The van der Waals surface area contributed by atoms with Crippen LogP contribution in [0.4, 0.5) is 17.3 Å². The minimum atomic E-state index is -3.99. The number of nitrogens with zero attached hydrogens (tertiary/aromatic N) is 4. The Balaban J connectivity index is 1.77. The van der Waals surface area contributed by atoms with Gasteiger partial charge in [0.1, 0.15) is 22.7 Å². The van der Waals surface area contributed by atoms with Gasteiger partial charge in [0.25, 0.3) is 10.0 Å². The van der Waals surface area contributed by atoms with Gasteiger partial charge in [-0.2, -0.15) is 0 Å². The van der Waals surface area contributed by atoms with Crippen molar-refractivity contribution in [3.8, 4) is 22.8 Å². The van der Waals surface area contributed by atoms with Gasteiger partial charge in [0.05, 0.1) is 30.0 Å². The predicted octanol–water partition coefficient (Wildman–Crippen LogP) is 5.33. The van der Waals surface area contributed by atoms with E-state index in [0.717, 1.165) is 6.20 Å². The third kappa shape index (κ3) is 5.52. The molecule has 0 unspecified atom stereocenters. The van der Waals surface area contributed by atoms with Crippen molar-refractivity contribution in [1.82, 2.24) is 15.1 Å². The van der Waals surface area contributed by atoms with Crippen LogP contribution in [0.2, 0.25) is 10.0 Å². The number of nitrogens with one attached hydrogen (secondary N) is 1. The molecule has 0 saturated heterocycles. The highest BCUT2D eigenvalue weighted by Gasteiger charge is 2.25. The van der Waals surface area contributed by atoms with Crippen molar-refractivity contribution >= 4 is 56.5 Å². The molecule has 1 amide bonds. The quantitative estimate of drug-likeness (QED) is 0.279. The maximum atomic E-state index is 13.1. The highest BCUT2D eigenvalue weighted by atomic mass is 35.5. The van der Waals surface area contributed by atoms with Gasteiger partial charge in [-0.25, -0.2) is 18.4 Å². The summed E-state index contributed by atoms with van der Waals surface area (Å²) in [6.45, 7) is 1.68. The number of carbonyl (C=O) groups is 1. The summed E-state index contributed by atoms with van der Waals surface area (Å²) in [6.07, 6.45) is 3.92. The first-order chi connectivity index (χ1) is 18.2. The molecular formula is C24H21Cl2N5O6S. The van der Waals surface area contributed by atoms with Crippen LogP contribution >= 0.6 is 23.2 Å². The molecule has 0 saturated carbocycles. The lowest BCUT2D eigenvalue weighted by atomic mass is 10.0. The van der Waals surface area contributed by atoms with Gasteiger partial charge in [-0.05, 0) is 30.3 Å². The van der Waals surface area contributed by atoms with E-state index in [1.54, 1.807) is 25.1 Å². The van der Waals surface area contributed by atoms with Crippen molar-refractivity contribution in [1.29, 1.82) is 0 Å². The van der Waals surface area contributed by atoms with E-state index in [1.807, 2.05) is 0 Å². The van der Waals surface area contributed by atoms with E-state index in [4.69, 9.17) is 32.7 Å². The van der Waals surface area contributed by atoms with Crippen LogP contribution in [0.25, 0.3) is 11.1 Å². The Kier molecular flexibility index (Phi) is 8.05. The first-order valence-corrected chi connectivity index (χ1v) is 13.2. The molecule has 0 spiro atoms. The second-order valence-corrected chi connectivity index (χ2v) is 10.2. The molecule has 3 aromatic heterocycles. The lowest BCUT2D eigenvalue weighted by molar-refractivity contribution is -0.117. The van der Waals surface area contributed by atoms with Crippen LogP contribution in [0.5, 0.6) is 11.6 Å². The Morgan fingerprint density at radius 3 is 2.45 bits per heavy atom. The molecule has 0 aliphatic heterocycles. The third-order valence-electron chi connectivity index (χ3n) is 5.30. The number of hydrogen-bond acceptors (Lipinski definition) is 9. The van der Waals surface area contributed by atoms with Crippen LogP contribution in [0.3, 0.4) is 0 Å². The minimum absolute atomic E-state index is 0.0165. The van der Waals surface area contributed by atoms with E-state index < -0.39 is 10.0 Å². The molecule has 14 heteroatoms. The van der Waals surface area contributed by atoms with Crippen molar-refractivity contribution in [2.45, 2.75) is 18.2 Å².